The highest BCUT2D eigenvalue weighted by Gasteiger charge is 2.33. The van der Waals surface area contributed by atoms with Gasteiger partial charge >= 0.3 is 0 Å². The summed E-state index contributed by atoms with van der Waals surface area (Å²) in [7, 11) is 1.52. The second-order valence-electron chi connectivity index (χ2n) is 6.67. The van der Waals surface area contributed by atoms with Crippen molar-refractivity contribution in [1.29, 1.82) is 0 Å². The van der Waals surface area contributed by atoms with E-state index < -0.39 is 11.7 Å². The molecule has 4 rings (SSSR count). The maximum absolute atomic E-state index is 10.3. The fourth-order valence-corrected chi connectivity index (χ4v) is 3.47. The van der Waals surface area contributed by atoms with Crippen LogP contribution in [0.4, 0.5) is 0 Å². The fraction of sp³-hybridized carbons (Fsp3) is 0.250. The maximum Gasteiger partial charge on any atom is 0.164 e. The van der Waals surface area contributed by atoms with Crippen LogP contribution in [0.15, 0.2) is 54.7 Å². The Morgan fingerprint density at radius 2 is 1.62 bits per heavy atom. The molecule has 0 saturated heterocycles. The monoisotopic (exact) mass is 320 g/mol. The topological polar surface area (TPSA) is 46.8 Å². The average Bonchev–Trinajstić information content (AvgIpc) is 3.07. The Labute approximate surface area is 140 Å². The molecular formula is C20H20N2O2. The third-order valence-electron chi connectivity index (χ3n) is 4.87. The highest BCUT2D eigenvalue weighted by atomic mass is 16.6. The van der Waals surface area contributed by atoms with E-state index in [-0.39, 0.29) is 0 Å². The lowest BCUT2D eigenvalue weighted by Gasteiger charge is -2.29. The van der Waals surface area contributed by atoms with Crippen molar-refractivity contribution in [3.63, 3.8) is 0 Å². The second kappa shape index (κ2) is 5.30. The van der Waals surface area contributed by atoms with Crippen LogP contribution < -0.4 is 0 Å². The minimum Gasteiger partial charge on any atom is -0.367 e. The van der Waals surface area contributed by atoms with Gasteiger partial charge in [0, 0.05) is 24.1 Å². The number of rotatable bonds is 3. The number of aromatic nitrogens is 2. The third kappa shape index (κ3) is 1.97. The van der Waals surface area contributed by atoms with Crippen molar-refractivity contribution in [2.45, 2.75) is 25.6 Å². The highest BCUT2D eigenvalue weighted by molar-refractivity contribution is 6.11. The molecule has 0 amide bonds. The molecule has 0 aliphatic rings. The lowest BCUT2D eigenvalue weighted by Crippen LogP contribution is -2.36. The van der Waals surface area contributed by atoms with Gasteiger partial charge in [0.15, 0.2) is 6.29 Å². The number of aliphatic hydroxyl groups is 1. The molecule has 24 heavy (non-hydrogen) atoms. The van der Waals surface area contributed by atoms with Gasteiger partial charge in [0.1, 0.15) is 5.65 Å². The zero-order valence-electron chi connectivity index (χ0n) is 14.0. The van der Waals surface area contributed by atoms with Crippen LogP contribution in [0.1, 0.15) is 19.5 Å². The van der Waals surface area contributed by atoms with Crippen molar-refractivity contribution < 1.29 is 9.84 Å². The van der Waals surface area contributed by atoms with E-state index in [9.17, 15) is 5.11 Å². The summed E-state index contributed by atoms with van der Waals surface area (Å²) in [5.74, 6) is 0. The first-order valence-electron chi connectivity index (χ1n) is 8.04. The molecule has 0 spiro atoms. The Kier molecular flexibility index (Phi) is 3.34. The zero-order chi connectivity index (χ0) is 16.9. The molecule has 4 aromatic rings. The van der Waals surface area contributed by atoms with Crippen LogP contribution in [0, 0.1) is 0 Å². The molecular weight excluding hydrogens is 300 g/mol. The number of hydrogen-bond donors (Lipinski definition) is 1. The van der Waals surface area contributed by atoms with Gasteiger partial charge in [-0.3, -0.25) is 4.40 Å². The number of para-hydroxylation sites is 1. The van der Waals surface area contributed by atoms with Gasteiger partial charge < -0.3 is 9.84 Å². The first-order valence-corrected chi connectivity index (χ1v) is 8.04. The summed E-state index contributed by atoms with van der Waals surface area (Å²) in [4.78, 5) is 4.68. The average molecular weight is 320 g/mol. The number of fused-ring (bicyclic) bond motifs is 6. The summed E-state index contributed by atoms with van der Waals surface area (Å²) >= 11 is 0. The first-order chi connectivity index (χ1) is 11.6. The molecule has 4 nitrogen and oxygen atoms in total. The Morgan fingerprint density at radius 1 is 1.00 bits per heavy atom. The summed E-state index contributed by atoms with van der Waals surface area (Å²) in [5.41, 5.74) is 2.30. The third-order valence-corrected chi connectivity index (χ3v) is 4.87. The first kappa shape index (κ1) is 15.1. The minimum atomic E-state index is -0.914. The van der Waals surface area contributed by atoms with E-state index in [0.717, 1.165) is 22.2 Å². The Bertz CT molecular complexity index is 1050. The van der Waals surface area contributed by atoms with Gasteiger partial charge in [0.05, 0.1) is 16.6 Å². The Morgan fingerprint density at radius 3 is 2.33 bits per heavy atom. The Hall–Kier alpha value is -2.43. The van der Waals surface area contributed by atoms with Crippen LogP contribution in [0.25, 0.3) is 27.3 Å². The minimum absolute atomic E-state index is 0.598. The highest BCUT2D eigenvalue weighted by Crippen LogP contribution is 2.34. The van der Waals surface area contributed by atoms with Gasteiger partial charge in [-0.1, -0.05) is 42.5 Å². The number of imidazole rings is 1. The van der Waals surface area contributed by atoms with E-state index in [1.165, 1.54) is 17.9 Å². The molecule has 4 heteroatoms. The van der Waals surface area contributed by atoms with Crippen LogP contribution in [0.2, 0.25) is 0 Å². The van der Waals surface area contributed by atoms with Gasteiger partial charge in [-0.2, -0.15) is 0 Å². The standard InChI is InChI=1S/C20H20N2O2/c1-20(2,19(23)24-3)17-12-21-18-15-10-5-4-8-13(15)14-9-6-7-11-16(14)22(17)18/h4-12,19,23H,1-3H3. The van der Waals surface area contributed by atoms with E-state index in [1.807, 2.05) is 44.3 Å². The van der Waals surface area contributed by atoms with E-state index in [0.29, 0.717) is 0 Å². The normalized spacial score (nSPS) is 13.8. The number of nitrogens with zero attached hydrogens (tertiary/aromatic N) is 2. The molecule has 2 aromatic carbocycles. The van der Waals surface area contributed by atoms with E-state index >= 15 is 0 Å². The van der Waals surface area contributed by atoms with Crippen LogP contribution in [-0.4, -0.2) is 27.9 Å². The number of benzene rings is 2. The van der Waals surface area contributed by atoms with Crippen molar-refractivity contribution >= 4 is 27.3 Å². The van der Waals surface area contributed by atoms with E-state index in [2.05, 4.69) is 33.7 Å². The molecule has 2 aromatic heterocycles. The number of pyridine rings is 1. The molecule has 0 bridgehead atoms. The van der Waals surface area contributed by atoms with Gasteiger partial charge in [-0.05, 0) is 25.3 Å². The molecule has 0 radical (unpaired) electrons. The van der Waals surface area contributed by atoms with Crippen molar-refractivity contribution in [3.8, 4) is 0 Å². The largest absolute Gasteiger partial charge is 0.367 e. The fourth-order valence-electron chi connectivity index (χ4n) is 3.47. The summed E-state index contributed by atoms with van der Waals surface area (Å²) < 4.78 is 7.34. The summed E-state index contributed by atoms with van der Waals surface area (Å²) in [6, 6.07) is 16.6. The molecule has 0 fully saturated rings. The summed E-state index contributed by atoms with van der Waals surface area (Å²) in [5, 5.41) is 13.8. The smallest absolute Gasteiger partial charge is 0.164 e. The number of aliphatic hydroxyl groups excluding tert-OH is 1. The zero-order valence-corrected chi connectivity index (χ0v) is 14.0. The Balaban J connectivity index is 2.21. The predicted octanol–water partition coefficient (Wildman–Crippen LogP) is 3.88. The molecule has 122 valence electrons. The van der Waals surface area contributed by atoms with Gasteiger partial charge in [0.2, 0.25) is 0 Å². The van der Waals surface area contributed by atoms with Crippen LogP contribution in [-0.2, 0) is 10.2 Å². The summed E-state index contributed by atoms with van der Waals surface area (Å²) in [6.07, 6.45) is 0.929. The maximum atomic E-state index is 10.3. The predicted molar refractivity (Wildman–Crippen MR) is 96.2 cm³/mol. The molecule has 1 atom stereocenters. The quantitative estimate of drug-likeness (QED) is 0.460. The van der Waals surface area contributed by atoms with Crippen molar-refractivity contribution in [3.05, 3.63) is 60.4 Å². The number of methoxy groups -OCH3 is 1. The lowest BCUT2D eigenvalue weighted by atomic mass is 9.88. The number of ether oxygens (including phenoxy) is 1. The van der Waals surface area contributed by atoms with Crippen LogP contribution in [0.3, 0.4) is 0 Å². The molecule has 0 aliphatic carbocycles. The lowest BCUT2D eigenvalue weighted by molar-refractivity contribution is -0.118. The van der Waals surface area contributed by atoms with Crippen molar-refractivity contribution in [2.75, 3.05) is 7.11 Å². The van der Waals surface area contributed by atoms with Gasteiger partial charge in [0.25, 0.3) is 0 Å². The van der Waals surface area contributed by atoms with Crippen LogP contribution in [0.5, 0.6) is 0 Å². The molecule has 2 heterocycles. The molecule has 0 aliphatic heterocycles. The van der Waals surface area contributed by atoms with Crippen molar-refractivity contribution in [2.24, 2.45) is 0 Å². The van der Waals surface area contributed by atoms with E-state index in [1.54, 1.807) is 0 Å². The van der Waals surface area contributed by atoms with Crippen molar-refractivity contribution in [1.82, 2.24) is 9.38 Å². The summed E-state index contributed by atoms with van der Waals surface area (Å²) in [6.45, 7) is 3.93. The SMILES string of the molecule is COC(O)C(C)(C)c1cnc2c3ccccc3c3ccccc3n12. The van der Waals surface area contributed by atoms with Gasteiger partial charge in [-0.25, -0.2) is 4.98 Å². The molecule has 1 unspecified atom stereocenters. The van der Waals surface area contributed by atoms with Gasteiger partial charge in [-0.15, -0.1) is 0 Å². The molecule has 1 N–H and O–H groups in total. The number of hydrogen-bond acceptors (Lipinski definition) is 3. The second-order valence-corrected chi connectivity index (χ2v) is 6.67. The molecule has 0 saturated carbocycles. The van der Waals surface area contributed by atoms with Crippen LogP contribution >= 0.6 is 0 Å². The van der Waals surface area contributed by atoms with E-state index in [4.69, 9.17) is 4.74 Å².